The Morgan fingerprint density at radius 1 is 1.44 bits per heavy atom. The zero-order valence-electron chi connectivity index (χ0n) is 8.98. The van der Waals surface area contributed by atoms with E-state index in [0.29, 0.717) is 13.0 Å². The Morgan fingerprint density at radius 3 is 3.06 bits per heavy atom. The van der Waals surface area contributed by atoms with Crippen LogP contribution in [0, 0.1) is 12.3 Å². The Hall–Kier alpha value is -1.95. The third-order valence-corrected chi connectivity index (χ3v) is 2.51. The van der Waals surface area contributed by atoms with Crippen molar-refractivity contribution in [2.75, 3.05) is 18.1 Å². The second kappa shape index (κ2) is 4.71. The number of hydrogen-bond donors (Lipinski definition) is 0. The molecule has 1 amide bonds. The van der Waals surface area contributed by atoms with E-state index in [9.17, 15) is 4.79 Å². The molecular weight excluding hydrogens is 202 g/mol. The number of fused-ring (bicyclic) bond motifs is 1. The smallest absolute Gasteiger partial charge is 0.265 e. The van der Waals surface area contributed by atoms with E-state index in [2.05, 4.69) is 5.92 Å². The quantitative estimate of drug-likeness (QED) is 0.568. The van der Waals surface area contributed by atoms with Gasteiger partial charge in [-0.1, -0.05) is 12.1 Å². The average Bonchev–Trinajstić information content (AvgIpc) is 2.32. The fraction of sp³-hybridized carbons (Fsp3) is 0.308. The Kier molecular flexibility index (Phi) is 3.11. The molecule has 0 radical (unpaired) electrons. The van der Waals surface area contributed by atoms with Crippen LogP contribution in [0.15, 0.2) is 24.3 Å². The molecule has 16 heavy (non-hydrogen) atoms. The van der Waals surface area contributed by atoms with Crippen LogP contribution >= 0.6 is 0 Å². The minimum atomic E-state index is -0.00396. The Morgan fingerprint density at radius 2 is 2.25 bits per heavy atom. The van der Waals surface area contributed by atoms with E-state index in [1.54, 1.807) is 4.90 Å². The molecule has 0 unspecified atom stereocenters. The first kappa shape index (κ1) is 10.6. The van der Waals surface area contributed by atoms with Gasteiger partial charge in [0, 0.05) is 13.0 Å². The van der Waals surface area contributed by atoms with E-state index in [-0.39, 0.29) is 12.5 Å². The number of rotatable bonds is 3. The van der Waals surface area contributed by atoms with Gasteiger partial charge in [0.1, 0.15) is 5.75 Å². The van der Waals surface area contributed by atoms with Crippen LogP contribution in [-0.2, 0) is 4.79 Å². The van der Waals surface area contributed by atoms with Crippen LogP contribution in [0.25, 0.3) is 0 Å². The lowest BCUT2D eigenvalue weighted by Gasteiger charge is -2.29. The Labute approximate surface area is 95.0 Å². The number of benzene rings is 1. The molecule has 0 fully saturated rings. The SMILES string of the molecule is C#CCCCN1C(=O)COc2ccccc21. The monoisotopic (exact) mass is 215 g/mol. The van der Waals surface area contributed by atoms with E-state index in [0.717, 1.165) is 17.9 Å². The highest BCUT2D eigenvalue weighted by atomic mass is 16.5. The van der Waals surface area contributed by atoms with Crippen molar-refractivity contribution in [2.45, 2.75) is 12.8 Å². The van der Waals surface area contributed by atoms with Crippen molar-refractivity contribution in [2.24, 2.45) is 0 Å². The first-order valence-corrected chi connectivity index (χ1v) is 5.28. The third kappa shape index (κ3) is 2.01. The van der Waals surface area contributed by atoms with Crippen LogP contribution in [0.2, 0.25) is 0 Å². The van der Waals surface area contributed by atoms with Crippen LogP contribution in [-0.4, -0.2) is 19.1 Å². The summed E-state index contributed by atoms with van der Waals surface area (Å²) >= 11 is 0. The molecular formula is C13H13NO2. The van der Waals surface area contributed by atoms with Gasteiger partial charge in [-0.2, -0.15) is 0 Å². The summed E-state index contributed by atoms with van der Waals surface area (Å²) in [5, 5.41) is 0. The van der Waals surface area contributed by atoms with E-state index >= 15 is 0 Å². The first-order chi connectivity index (χ1) is 7.83. The van der Waals surface area contributed by atoms with Crippen molar-refractivity contribution >= 4 is 11.6 Å². The van der Waals surface area contributed by atoms with E-state index in [4.69, 9.17) is 11.2 Å². The normalized spacial score (nSPS) is 13.9. The molecule has 0 saturated heterocycles. The summed E-state index contributed by atoms with van der Waals surface area (Å²) in [4.78, 5) is 13.4. The molecule has 0 saturated carbocycles. The van der Waals surface area contributed by atoms with Gasteiger partial charge in [-0.15, -0.1) is 12.3 Å². The summed E-state index contributed by atoms with van der Waals surface area (Å²) in [6, 6.07) is 7.56. The van der Waals surface area contributed by atoms with E-state index in [1.807, 2.05) is 24.3 Å². The molecule has 0 atom stereocenters. The lowest BCUT2D eigenvalue weighted by Crippen LogP contribution is -2.39. The maximum Gasteiger partial charge on any atom is 0.265 e. The summed E-state index contributed by atoms with van der Waals surface area (Å²) in [6.45, 7) is 0.774. The molecule has 0 N–H and O–H groups in total. The molecule has 0 bridgehead atoms. The number of terminal acetylenes is 1. The number of hydrogen-bond acceptors (Lipinski definition) is 2. The molecule has 3 heteroatoms. The van der Waals surface area contributed by atoms with Crippen molar-refractivity contribution in [3.63, 3.8) is 0 Å². The minimum Gasteiger partial charge on any atom is -0.482 e. The van der Waals surface area contributed by atoms with Gasteiger partial charge in [0.15, 0.2) is 6.61 Å². The summed E-state index contributed by atoms with van der Waals surface area (Å²) in [5.41, 5.74) is 0.843. The molecule has 1 aliphatic rings. The van der Waals surface area contributed by atoms with Crippen molar-refractivity contribution in [1.29, 1.82) is 0 Å². The highest BCUT2D eigenvalue weighted by Crippen LogP contribution is 2.31. The molecule has 0 spiro atoms. The number of nitrogens with zero attached hydrogens (tertiary/aromatic N) is 1. The van der Waals surface area contributed by atoms with Crippen molar-refractivity contribution in [1.82, 2.24) is 0 Å². The van der Waals surface area contributed by atoms with E-state index in [1.165, 1.54) is 0 Å². The molecule has 2 rings (SSSR count). The van der Waals surface area contributed by atoms with Crippen LogP contribution in [0.3, 0.4) is 0 Å². The Balaban J connectivity index is 2.17. The largest absolute Gasteiger partial charge is 0.482 e. The summed E-state index contributed by atoms with van der Waals surface area (Å²) in [5.74, 6) is 3.34. The molecule has 1 heterocycles. The topological polar surface area (TPSA) is 29.5 Å². The predicted octanol–water partition coefficient (Wildman–Crippen LogP) is 1.83. The second-order valence-corrected chi connectivity index (χ2v) is 3.61. The molecule has 1 aromatic rings. The van der Waals surface area contributed by atoms with Gasteiger partial charge in [-0.25, -0.2) is 0 Å². The molecule has 1 aliphatic heterocycles. The number of unbranched alkanes of at least 4 members (excludes halogenated alkanes) is 1. The van der Waals surface area contributed by atoms with Gasteiger partial charge in [-0.3, -0.25) is 4.79 Å². The number of anilines is 1. The number of carbonyl (C=O) groups excluding carboxylic acids is 1. The van der Waals surface area contributed by atoms with Crippen LogP contribution < -0.4 is 9.64 Å². The maximum atomic E-state index is 11.7. The lowest BCUT2D eigenvalue weighted by molar-refractivity contribution is -0.121. The summed E-state index contributed by atoms with van der Waals surface area (Å²) in [6.07, 6.45) is 6.70. The summed E-state index contributed by atoms with van der Waals surface area (Å²) in [7, 11) is 0. The summed E-state index contributed by atoms with van der Waals surface area (Å²) < 4.78 is 5.34. The fourth-order valence-corrected chi connectivity index (χ4v) is 1.74. The van der Waals surface area contributed by atoms with Gasteiger partial charge in [0.05, 0.1) is 5.69 Å². The third-order valence-electron chi connectivity index (χ3n) is 2.51. The Bertz CT molecular complexity index is 434. The standard InChI is InChI=1S/C13H13NO2/c1-2-3-6-9-14-11-7-4-5-8-12(11)16-10-13(14)15/h1,4-5,7-8H,3,6,9-10H2. The highest BCUT2D eigenvalue weighted by molar-refractivity contribution is 5.97. The van der Waals surface area contributed by atoms with Crippen molar-refractivity contribution < 1.29 is 9.53 Å². The van der Waals surface area contributed by atoms with Gasteiger partial charge < -0.3 is 9.64 Å². The zero-order valence-corrected chi connectivity index (χ0v) is 8.98. The second-order valence-electron chi connectivity index (χ2n) is 3.61. The van der Waals surface area contributed by atoms with Crippen LogP contribution in [0.4, 0.5) is 5.69 Å². The molecule has 1 aromatic carbocycles. The first-order valence-electron chi connectivity index (χ1n) is 5.28. The number of carbonyl (C=O) groups is 1. The molecule has 0 aliphatic carbocycles. The van der Waals surface area contributed by atoms with Gasteiger partial charge in [0.25, 0.3) is 5.91 Å². The highest BCUT2D eigenvalue weighted by Gasteiger charge is 2.24. The zero-order chi connectivity index (χ0) is 11.4. The lowest BCUT2D eigenvalue weighted by atomic mass is 10.2. The maximum absolute atomic E-state index is 11.7. The number of ether oxygens (including phenoxy) is 1. The van der Waals surface area contributed by atoms with Gasteiger partial charge >= 0.3 is 0 Å². The average molecular weight is 215 g/mol. The molecule has 82 valence electrons. The predicted molar refractivity (Wildman–Crippen MR) is 62.4 cm³/mol. The number of para-hydroxylation sites is 2. The van der Waals surface area contributed by atoms with Gasteiger partial charge in [0.2, 0.25) is 0 Å². The fourth-order valence-electron chi connectivity index (χ4n) is 1.74. The minimum absolute atomic E-state index is 0.00396. The molecule has 0 aromatic heterocycles. The molecule has 3 nitrogen and oxygen atoms in total. The number of amides is 1. The van der Waals surface area contributed by atoms with Crippen LogP contribution in [0.1, 0.15) is 12.8 Å². The van der Waals surface area contributed by atoms with Crippen molar-refractivity contribution in [3.8, 4) is 18.1 Å². The van der Waals surface area contributed by atoms with Crippen LogP contribution in [0.5, 0.6) is 5.75 Å². The van der Waals surface area contributed by atoms with Gasteiger partial charge in [-0.05, 0) is 18.6 Å². The van der Waals surface area contributed by atoms with E-state index < -0.39 is 0 Å². The van der Waals surface area contributed by atoms with Crippen molar-refractivity contribution in [3.05, 3.63) is 24.3 Å².